The van der Waals surface area contributed by atoms with Gasteiger partial charge in [0.05, 0.1) is 26.1 Å². The SMILES string of the molecule is COc1ccc(-c2csc(N/N=C\c3sccc3C)n2)cc1OC. The second kappa shape index (κ2) is 7.46. The standard InChI is InChI=1S/C17H17N3O2S2/c1-11-6-7-23-16(11)9-18-20-17-19-13(10-24-17)12-4-5-14(21-2)15(8-12)22-3/h4-10H,1-3H3,(H,19,20)/b18-9-. The molecule has 0 saturated heterocycles. The van der Waals surface area contributed by atoms with E-state index in [9.17, 15) is 0 Å². The highest BCUT2D eigenvalue weighted by atomic mass is 32.1. The van der Waals surface area contributed by atoms with Crippen LogP contribution in [0.15, 0.2) is 40.1 Å². The lowest BCUT2D eigenvalue weighted by Gasteiger charge is -2.08. The fraction of sp³-hybridized carbons (Fsp3) is 0.176. The van der Waals surface area contributed by atoms with Crippen LogP contribution in [0, 0.1) is 6.92 Å². The predicted molar refractivity (Wildman–Crippen MR) is 101 cm³/mol. The highest BCUT2D eigenvalue weighted by Crippen LogP contribution is 2.33. The van der Waals surface area contributed by atoms with Crippen LogP contribution in [0.1, 0.15) is 10.4 Å². The van der Waals surface area contributed by atoms with E-state index >= 15 is 0 Å². The van der Waals surface area contributed by atoms with Gasteiger partial charge in [0.1, 0.15) is 0 Å². The Balaban J connectivity index is 1.73. The normalized spacial score (nSPS) is 11.0. The number of hydrazone groups is 1. The summed E-state index contributed by atoms with van der Waals surface area (Å²) in [5.41, 5.74) is 6.03. The van der Waals surface area contributed by atoms with Crippen LogP contribution in [-0.4, -0.2) is 25.4 Å². The van der Waals surface area contributed by atoms with Crippen LogP contribution in [0.2, 0.25) is 0 Å². The first-order valence-electron chi connectivity index (χ1n) is 7.22. The Bertz CT molecular complexity index is 855. The van der Waals surface area contributed by atoms with Gasteiger partial charge in [0.25, 0.3) is 0 Å². The lowest BCUT2D eigenvalue weighted by Crippen LogP contribution is -1.91. The average Bonchev–Trinajstić information content (AvgIpc) is 3.24. The van der Waals surface area contributed by atoms with Crippen molar-refractivity contribution >= 4 is 34.0 Å². The molecule has 24 heavy (non-hydrogen) atoms. The van der Waals surface area contributed by atoms with Gasteiger partial charge in [0, 0.05) is 15.8 Å². The molecule has 0 aliphatic carbocycles. The van der Waals surface area contributed by atoms with E-state index in [1.807, 2.05) is 29.8 Å². The van der Waals surface area contributed by atoms with Gasteiger partial charge in [-0.25, -0.2) is 4.98 Å². The monoisotopic (exact) mass is 359 g/mol. The van der Waals surface area contributed by atoms with Crippen molar-refractivity contribution in [3.05, 3.63) is 45.5 Å². The zero-order chi connectivity index (χ0) is 16.9. The molecule has 5 nitrogen and oxygen atoms in total. The van der Waals surface area contributed by atoms with E-state index in [0.29, 0.717) is 11.5 Å². The van der Waals surface area contributed by atoms with Crippen molar-refractivity contribution in [2.45, 2.75) is 6.92 Å². The van der Waals surface area contributed by atoms with Crippen molar-refractivity contribution in [3.8, 4) is 22.8 Å². The van der Waals surface area contributed by atoms with Gasteiger partial charge in [0.15, 0.2) is 11.5 Å². The van der Waals surface area contributed by atoms with Crippen LogP contribution in [0.3, 0.4) is 0 Å². The van der Waals surface area contributed by atoms with E-state index in [0.717, 1.165) is 21.3 Å². The maximum Gasteiger partial charge on any atom is 0.203 e. The minimum atomic E-state index is 0.684. The number of thiazole rings is 1. The second-order valence-electron chi connectivity index (χ2n) is 4.95. The van der Waals surface area contributed by atoms with Crippen molar-refractivity contribution < 1.29 is 9.47 Å². The molecule has 0 aliphatic heterocycles. The molecule has 0 amide bonds. The molecule has 2 heterocycles. The fourth-order valence-corrected chi connectivity index (χ4v) is 3.57. The Morgan fingerprint density at radius 1 is 1.12 bits per heavy atom. The number of hydrogen-bond acceptors (Lipinski definition) is 7. The van der Waals surface area contributed by atoms with Crippen molar-refractivity contribution in [1.29, 1.82) is 0 Å². The minimum absolute atomic E-state index is 0.684. The average molecular weight is 359 g/mol. The van der Waals surface area contributed by atoms with Gasteiger partial charge in [0.2, 0.25) is 5.13 Å². The van der Waals surface area contributed by atoms with E-state index in [4.69, 9.17) is 9.47 Å². The van der Waals surface area contributed by atoms with E-state index in [1.165, 1.54) is 16.9 Å². The molecule has 0 atom stereocenters. The largest absolute Gasteiger partial charge is 0.493 e. The van der Waals surface area contributed by atoms with Gasteiger partial charge in [-0.1, -0.05) is 0 Å². The van der Waals surface area contributed by atoms with Crippen molar-refractivity contribution in [2.75, 3.05) is 19.6 Å². The third-order valence-electron chi connectivity index (χ3n) is 3.43. The summed E-state index contributed by atoms with van der Waals surface area (Å²) in [5.74, 6) is 1.38. The number of nitrogens with zero attached hydrogens (tertiary/aromatic N) is 2. The molecule has 124 valence electrons. The number of benzene rings is 1. The summed E-state index contributed by atoms with van der Waals surface area (Å²) in [7, 11) is 3.24. The van der Waals surface area contributed by atoms with Crippen molar-refractivity contribution in [2.24, 2.45) is 5.10 Å². The number of aryl methyl sites for hydroxylation is 1. The van der Waals surface area contributed by atoms with Crippen molar-refractivity contribution in [1.82, 2.24) is 4.98 Å². The molecule has 1 N–H and O–H groups in total. The Kier molecular flexibility index (Phi) is 5.12. The van der Waals surface area contributed by atoms with Crippen LogP contribution in [-0.2, 0) is 0 Å². The number of nitrogens with one attached hydrogen (secondary N) is 1. The first-order valence-corrected chi connectivity index (χ1v) is 8.98. The topological polar surface area (TPSA) is 55.7 Å². The Hall–Kier alpha value is -2.38. The van der Waals surface area contributed by atoms with Gasteiger partial charge in [-0.3, -0.25) is 5.43 Å². The molecule has 2 aromatic heterocycles. The molecule has 0 aliphatic rings. The molecule has 0 radical (unpaired) electrons. The van der Waals surface area contributed by atoms with Gasteiger partial charge in [-0.05, 0) is 42.1 Å². The van der Waals surface area contributed by atoms with Gasteiger partial charge in [-0.15, -0.1) is 22.7 Å². The third kappa shape index (κ3) is 3.58. The second-order valence-corrected chi connectivity index (χ2v) is 6.75. The summed E-state index contributed by atoms with van der Waals surface area (Å²) in [6.07, 6.45) is 1.82. The number of anilines is 1. The number of hydrogen-bond donors (Lipinski definition) is 1. The number of rotatable bonds is 6. The zero-order valence-corrected chi connectivity index (χ0v) is 15.2. The Labute approximate surface area is 148 Å². The first-order chi connectivity index (χ1) is 11.7. The van der Waals surface area contributed by atoms with E-state index in [2.05, 4.69) is 33.9 Å². The van der Waals surface area contributed by atoms with Crippen LogP contribution in [0.5, 0.6) is 11.5 Å². The number of methoxy groups -OCH3 is 2. The highest BCUT2D eigenvalue weighted by Gasteiger charge is 2.09. The maximum absolute atomic E-state index is 5.34. The summed E-state index contributed by atoms with van der Waals surface area (Å²) in [6, 6.07) is 7.82. The van der Waals surface area contributed by atoms with Gasteiger partial charge < -0.3 is 9.47 Å². The number of aromatic nitrogens is 1. The molecule has 7 heteroatoms. The molecule has 1 aromatic carbocycles. The minimum Gasteiger partial charge on any atom is -0.493 e. The summed E-state index contributed by atoms with van der Waals surface area (Å²) in [4.78, 5) is 5.69. The lowest BCUT2D eigenvalue weighted by molar-refractivity contribution is 0.355. The molecule has 0 unspecified atom stereocenters. The molecular formula is C17H17N3O2S2. The smallest absolute Gasteiger partial charge is 0.203 e. The predicted octanol–water partition coefficient (Wildman–Crippen LogP) is 4.64. The summed E-state index contributed by atoms with van der Waals surface area (Å²) >= 11 is 3.17. The zero-order valence-electron chi connectivity index (χ0n) is 13.6. The highest BCUT2D eigenvalue weighted by molar-refractivity contribution is 7.14. The molecule has 0 fully saturated rings. The molecule has 0 spiro atoms. The third-order valence-corrected chi connectivity index (χ3v) is 5.13. The van der Waals surface area contributed by atoms with E-state index < -0.39 is 0 Å². The molecule has 3 rings (SSSR count). The van der Waals surface area contributed by atoms with E-state index in [1.54, 1.807) is 25.6 Å². The Morgan fingerprint density at radius 2 is 1.96 bits per heavy atom. The van der Waals surface area contributed by atoms with Crippen LogP contribution >= 0.6 is 22.7 Å². The molecule has 3 aromatic rings. The quantitative estimate of drug-likeness (QED) is 0.514. The summed E-state index contributed by atoms with van der Waals surface area (Å²) in [5, 5.41) is 9.03. The van der Waals surface area contributed by atoms with E-state index in [-0.39, 0.29) is 0 Å². The fourth-order valence-electron chi connectivity index (χ4n) is 2.12. The van der Waals surface area contributed by atoms with Gasteiger partial charge in [-0.2, -0.15) is 5.10 Å². The lowest BCUT2D eigenvalue weighted by atomic mass is 10.1. The van der Waals surface area contributed by atoms with Crippen molar-refractivity contribution in [3.63, 3.8) is 0 Å². The molecule has 0 saturated carbocycles. The van der Waals surface area contributed by atoms with Crippen LogP contribution in [0.25, 0.3) is 11.3 Å². The van der Waals surface area contributed by atoms with Gasteiger partial charge >= 0.3 is 0 Å². The first kappa shape index (κ1) is 16.5. The van der Waals surface area contributed by atoms with Crippen LogP contribution < -0.4 is 14.9 Å². The number of ether oxygens (including phenoxy) is 2. The van der Waals surface area contributed by atoms with Crippen LogP contribution in [0.4, 0.5) is 5.13 Å². The number of thiophene rings is 1. The molecule has 0 bridgehead atoms. The summed E-state index contributed by atoms with van der Waals surface area (Å²) < 4.78 is 10.6. The summed E-state index contributed by atoms with van der Waals surface area (Å²) in [6.45, 7) is 2.07. The molecular weight excluding hydrogens is 342 g/mol. The Morgan fingerprint density at radius 3 is 2.67 bits per heavy atom. The maximum atomic E-state index is 5.34.